The fraction of sp³-hybridized carbons (Fsp3) is 0.192. The molecule has 2 N–H and O–H groups in total. The van der Waals surface area contributed by atoms with Crippen molar-refractivity contribution in [3.8, 4) is 17.2 Å². The van der Waals surface area contributed by atoms with Crippen LogP contribution in [0.3, 0.4) is 0 Å². The van der Waals surface area contributed by atoms with Gasteiger partial charge < -0.3 is 10.1 Å². The number of hydrogen-bond acceptors (Lipinski definition) is 5. The highest BCUT2D eigenvalue weighted by atomic mass is 32.2. The van der Waals surface area contributed by atoms with Crippen LogP contribution in [0.15, 0.2) is 77.8 Å². The maximum atomic E-state index is 13.0. The van der Waals surface area contributed by atoms with Gasteiger partial charge in [-0.3, -0.25) is 10.3 Å². The van der Waals surface area contributed by atoms with E-state index >= 15 is 0 Å². The van der Waals surface area contributed by atoms with Crippen LogP contribution in [0.25, 0.3) is 5.69 Å². The van der Waals surface area contributed by atoms with Crippen molar-refractivity contribution in [2.24, 2.45) is 0 Å². The maximum Gasteiger partial charge on any atom is 0.324 e. The largest absolute Gasteiger partial charge is 0.457 e. The summed E-state index contributed by atoms with van der Waals surface area (Å²) in [6.07, 6.45) is 6.31. The van der Waals surface area contributed by atoms with E-state index in [0.29, 0.717) is 23.0 Å². The Labute approximate surface area is 203 Å². The second-order valence-electron chi connectivity index (χ2n) is 8.58. The molecule has 4 rings (SSSR count). The van der Waals surface area contributed by atoms with Crippen molar-refractivity contribution < 1.29 is 9.53 Å². The number of carbonyl (C=O) groups excluding carboxylic acids is 1. The SMILES string of the molecule is CSc1cc(Oc2c[c]ncc2)ccc1NC(=O)Nc1cc(C(C)(C)C)nn1-c1ccccc1. The second-order valence-corrected chi connectivity index (χ2v) is 9.42. The zero-order valence-electron chi connectivity index (χ0n) is 19.5. The number of thioether (sulfide) groups is 1. The highest BCUT2D eigenvalue weighted by molar-refractivity contribution is 7.98. The third kappa shape index (κ3) is 5.58. The Kier molecular flexibility index (Phi) is 6.88. The third-order valence-electron chi connectivity index (χ3n) is 4.97. The first kappa shape index (κ1) is 23.4. The first-order chi connectivity index (χ1) is 16.3. The highest BCUT2D eigenvalue weighted by Gasteiger charge is 2.21. The number of hydrogen-bond donors (Lipinski definition) is 2. The summed E-state index contributed by atoms with van der Waals surface area (Å²) in [4.78, 5) is 17.7. The van der Waals surface area contributed by atoms with Crippen molar-refractivity contribution in [3.63, 3.8) is 0 Å². The number of anilines is 2. The molecule has 0 aliphatic carbocycles. The third-order valence-corrected chi connectivity index (χ3v) is 5.75. The number of rotatable bonds is 6. The lowest BCUT2D eigenvalue weighted by atomic mass is 9.92. The van der Waals surface area contributed by atoms with Crippen LogP contribution < -0.4 is 15.4 Å². The number of benzene rings is 2. The van der Waals surface area contributed by atoms with Gasteiger partial charge in [0.2, 0.25) is 0 Å². The first-order valence-electron chi connectivity index (χ1n) is 10.8. The van der Waals surface area contributed by atoms with Crippen molar-refractivity contribution in [1.82, 2.24) is 14.8 Å². The van der Waals surface area contributed by atoms with Crippen LogP contribution in [0.4, 0.5) is 16.3 Å². The van der Waals surface area contributed by atoms with E-state index in [1.807, 2.05) is 60.9 Å². The number of ether oxygens (including phenoxy) is 1. The van der Waals surface area contributed by atoms with E-state index in [0.717, 1.165) is 16.3 Å². The Morgan fingerprint density at radius 3 is 2.50 bits per heavy atom. The summed E-state index contributed by atoms with van der Waals surface area (Å²) in [5.41, 5.74) is 2.26. The van der Waals surface area contributed by atoms with E-state index in [-0.39, 0.29) is 11.4 Å². The Hall–Kier alpha value is -3.78. The number of nitrogens with one attached hydrogen (secondary N) is 2. The molecule has 0 spiro atoms. The topological polar surface area (TPSA) is 81.1 Å². The normalized spacial score (nSPS) is 11.2. The van der Waals surface area contributed by atoms with Crippen molar-refractivity contribution >= 4 is 29.3 Å². The Balaban J connectivity index is 1.54. The quantitative estimate of drug-likeness (QED) is 0.312. The Morgan fingerprint density at radius 1 is 1.03 bits per heavy atom. The molecular weight excluding hydrogens is 446 g/mol. The van der Waals surface area contributed by atoms with Gasteiger partial charge in [-0.25, -0.2) is 9.48 Å². The molecular formula is C26H26N5O2S. The van der Waals surface area contributed by atoms with Crippen molar-refractivity contribution in [2.75, 3.05) is 16.9 Å². The van der Waals surface area contributed by atoms with Crippen LogP contribution >= 0.6 is 11.8 Å². The molecule has 7 nitrogen and oxygen atoms in total. The minimum Gasteiger partial charge on any atom is -0.457 e. The Bertz CT molecular complexity index is 1270. The molecule has 0 atom stereocenters. The fourth-order valence-electron chi connectivity index (χ4n) is 3.21. The second kappa shape index (κ2) is 10.0. The van der Waals surface area contributed by atoms with Gasteiger partial charge in [-0.1, -0.05) is 39.0 Å². The lowest BCUT2D eigenvalue weighted by Crippen LogP contribution is -2.21. The van der Waals surface area contributed by atoms with Crippen molar-refractivity contribution in [3.05, 3.63) is 84.8 Å². The molecule has 2 aromatic carbocycles. The van der Waals surface area contributed by atoms with Crippen LogP contribution in [0, 0.1) is 6.20 Å². The van der Waals surface area contributed by atoms with Gasteiger partial charge in [-0.05, 0) is 42.7 Å². The molecule has 0 aliphatic heterocycles. The monoisotopic (exact) mass is 472 g/mol. The smallest absolute Gasteiger partial charge is 0.324 e. The maximum absolute atomic E-state index is 13.0. The van der Waals surface area contributed by atoms with Crippen molar-refractivity contribution in [2.45, 2.75) is 31.1 Å². The molecule has 34 heavy (non-hydrogen) atoms. The Morgan fingerprint density at radius 2 is 1.82 bits per heavy atom. The van der Waals surface area contributed by atoms with Gasteiger partial charge in [0, 0.05) is 28.6 Å². The van der Waals surface area contributed by atoms with Crippen LogP contribution in [0.2, 0.25) is 0 Å². The molecule has 4 aromatic rings. The molecule has 8 heteroatoms. The number of amides is 2. The molecule has 0 saturated heterocycles. The van der Waals surface area contributed by atoms with Crippen molar-refractivity contribution in [1.29, 1.82) is 0 Å². The molecule has 0 bridgehead atoms. The molecule has 0 unspecified atom stereocenters. The van der Waals surface area contributed by atoms with Gasteiger partial charge in [0.05, 0.1) is 23.3 Å². The van der Waals surface area contributed by atoms with Gasteiger partial charge in [0.1, 0.15) is 17.3 Å². The first-order valence-corrected chi connectivity index (χ1v) is 12.0. The van der Waals surface area contributed by atoms with Gasteiger partial charge in [0.15, 0.2) is 0 Å². The molecule has 2 heterocycles. The summed E-state index contributed by atoms with van der Waals surface area (Å²) in [5, 5.41) is 10.6. The van der Waals surface area contributed by atoms with E-state index < -0.39 is 0 Å². The number of aromatic nitrogens is 3. The van der Waals surface area contributed by atoms with Crippen LogP contribution in [-0.2, 0) is 5.41 Å². The number of para-hydroxylation sites is 1. The van der Waals surface area contributed by atoms with E-state index in [1.54, 1.807) is 23.0 Å². The number of carbonyl (C=O) groups is 1. The summed E-state index contributed by atoms with van der Waals surface area (Å²) in [7, 11) is 0. The molecule has 1 radical (unpaired) electrons. The molecule has 0 saturated carbocycles. The van der Waals surface area contributed by atoms with Crippen LogP contribution in [0.5, 0.6) is 11.5 Å². The standard InChI is InChI=1S/C26H26N5O2S/c1-26(2,3)23-17-24(31(30-23)18-8-6-5-7-9-18)29-25(32)28-21-11-10-20(16-22(21)34-4)33-19-12-14-27-15-13-19/h5-14,16-17H,1-4H3,(H2,28,29,32). The van der Waals surface area contributed by atoms with Crippen LogP contribution in [-0.4, -0.2) is 27.1 Å². The highest BCUT2D eigenvalue weighted by Crippen LogP contribution is 2.32. The van der Waals surface area contributed by atoms with Gasteiger partial charge in [-0.2, -0.15) is 5.10 Å². The van der Waals surface area contributed by atoms with Gasteiger partial charge >= 0.3 is 6.03 Å². The summed E-state index contributed by atoms with van der Waals surface area (Å²) < 4.78 is 7.60. The fourth-order valence-corrected chi connectivity index (χ4v) is 3.79. The molecule has 2 aromatic heterocycles. The summed E-state index contributed by atoms with van der Waals surface area (Å²) in [5.74, 6) is 1.89. The average molecular weight is 473 g/mol. The molecule has 173 valence electrons. The van der Waals surface area contributed by atoms with Gasteiger partial charge in [-0.15, -0.1) is 11.8 Å². The van der Waals surface area contributed by atoms with E-state index in [9.17, 15) is 4.79 Å². The lowest BCUT2D eigenvalue weighted by Gasteiger charge is -2.14. The number of pyridine rings is 1. The zero-order valence-corrected chi connectivity index (χ0v) is 20.3. The summed E-state index contributed by atoms with van der Waals surface area (Å²) in [6, 6.07) is 20.2. The number of urea groups is 1. The minimum absolute atomic E-state index is 0.165. The molecule has 2 amide bonds. The minimum atomic E-state index is -0.356. The average Bonchev–Trinajstić information content (AvgIpc) is 3.25. The summed E-state index contributed by atoms with van der Waals surface area (Å²) in [6.45, 7) is 6.27. The lowest BCUT2D eigenvalue weighted by molar-refractivity contribution is 0.262. The van der Waals surface area contributed by atoms with E-state index in [2.05, 4.69) is 42.6 Å². The van der Waals surface area contributed by atoms with Crippen LogP contribution in [0.1, 0.15) is 26.5 Å². The van der Waals surface area contributed by atoms with Gasteiger partial charge in [0.25, 0.3) is 0 Å². The molecule has 0 aliphatic rings. The van der Waals surface area contributed by atoms with E-state index in [4.69, 9.17) is 9.84 Å². The predicted octanol–water partition coefficient (Wildman–Crippen LogP) is 6.52. The molecule has 0 fully saturated rings. The summed E-state index contributed by atoms with van der Waals surface area (Å²) >= 11 is 1.52. The zero-order chi connectivity index (χ0) is 24.1. The van der Waals surface area contributed by atoms with E-state index in [1.165, 1.54) is 11.8 Å². The number of nitrogens with zero attached hydrogens (tertiary/aromatic N) is 3. The predicted molar refractivity (Wildman–Crippen MR) is 136 cm³/mol.